The van der Waals surface area contributed by atoms with Crippen molar-refractivity contribution in [2.24, 2.45) is 10.8 Å². The molecule has 2 aromatic rings. The number of hydrogen-bond donors (Lipinski definition) is 0. The first-order valence-corrected chi connectivity index (χ1v) is 7.92. The van der Waals surface area contributed by atoms with Crippen molar-refractivity contribution in [1.82, 2.24) is 9.97 Å². The first-order chi connectivity index (χ1) is 9.96. The summed E-state index contributed by atoms with van der Waals surface area (Å²) < 4.78 is 0. The number of fused-ring (bicyclic) bond motifs is 3. The maximum atomic E-state index is 4.64. The predicted octanol–water partition coefficient (Wildman–Crippen LogP) is 4.46. The van der Waals surface area contributed by atoms with Crippen LogP contribution in [-0.2, 0) is 0 Å². The minimum absolute atomic E-state index is 0. The summed E-state index contributed by atoms with van der Waals surface area (Å²) in [5.41, 5.74) is 1.92. The summed E-state index contributed by atoms with van der Waals surface area (Å²) in [7, 11) is 0. The van der Waals surface area contributed by atoms with Gasteiger partial charge in [-0.25, -0.2) is 9.97 Å². The van der Waals surface area contributed by atoms with Crippen LogP contribution in [0.15, 0.2) is 30.6 Å². The van der Waals surface area contributed by atoms with E-state index in [0.717, 1.165) is 17.9 Å². The molecule has 2 aliphatic rings. The van der Waals surface area contributed by atoms with Crippen LogP contribution in [0.2, 0.25) is 0 Å². The molecule has 0 radical (unpaired) electrons. The van der Waals surface area contributed by atoms with Crippen LogP contribution in [-0.4, -0.2) is 22.6 Å². The van der Waals surface area contributed by atoms with Crippen LogP contribution in [0.3, 0.4) is 0 Å². The highest BCUT2D eigenvalue weighted by molar-refractivity contribution is 5.89. The SMILES string of the molecule is CC1(C)CC2CC(C)(CN2c2ncnc3ccccc23)C1.Cl. The molecule has 118 valence electrons. The quantitative estimate of drug-likeness (QED) is 0.777. The number of aromatic nitrogens is 2. The van der Waals surface area contributed by atoms with Gasteiger partial charge in [0.1, 0.15) is 12.1 Å². The van der Waals surface area contributed by atoms with E-state index in [1.807, 2.05) is 6.07 Å². The van der Waals surface area contributed by atoms with Gasteiger partial charge in [-0.2, -0.15) is 0 Å². The Morgan fingerprint density at radius 1 is 1.09 bits per heavy atom. The number of nitrogens with zero attached hydrogens (tertiary/aromatic N) is 3. The fourth-order valence-corrected chi connectivity index (χ4v) is 4.93. The third kappa shape index (κ3) is 2.45. The number of hydrogen-bond acceptors (Lipinski definition) is 3. The molecule has 4 heteroatoms. The van der Waals surface area contributed by atoms with Crippen molar-refractivity contribution in [3.63, 3.8) is 0 Å². The Kier molecular flexibility index (Phi) is 3.59. The van der Waals surface area contributed by atoms with Gasteiger partial charge in [0.15, 0.2) is 0 Å². The lowest BCUT2D eigenvalue weighted by Gasteiger charge is -2.39. The molecule has 3 nitrogen and oxygen atoms in total. The van der Waals surface area contributed by atoms with Gasteiger partial charge < -0.3 is 4.90 Å². The van der Waals surface area contributed by atoms with E-state index in [2.05, 4.69) is 53.8 Å². The molecule has 1 aliphatic carbocycles. The van der Waals surface area contributed by atoms with Crippen molar-refractivity contribution in [1.29, 1.82) is 0 Å². The topological polar surface area (TPSA) is 29.0 Å². The van der Waals surface area contributed by atoms with E-state index in [1.54, 1.807) is 6.33 Å². The summed E-state index contributed by atoms with van der Waals surface area (Å²) >= 11 is 0. The Morgan fingerprint density at radius 3 is 2.68 bits per heavy atom. The molecule has 1 aromatic heterocycles. The van der Waals surface area contributed by atoms with Crippen LogP contribution in [0, 0.1) is 10.8 Å². The molecule has 1 aliphatic heterocycles. The van der Waals surface area contributed by atoms with E-state index >= 15 is 0 Å². The minimum atomic E-state index is 0. The maximum absolute atomic E-state index is 4.64. The molecule has 2 heterocycles. The van der Waals surface area contributed by atoms with Crippen LogP contribution in [0.5, 0.6) is 0 Å². The Balaban J connectivity index is 0.00000144. The highest BCUT2D eigenvalue weighted by atomic mass is 35.5. The van der Waals surface area contributed by atoms with E-state index in [4.69, 9.17) is 0 Å². The Morgan fingerprint density at radius 2 is 1.86 bits per heavy atom. The second-order valence-corrected chi connectivity index (χ2v) is 8.06. The van der Waals surface area contributed by atoms with Gasteiger partial charge in [0, 0.05) is 18.0 Å². The van der Waals surface area contributed by atoms with Gasteiger partial charge in [0.05, 0.1) is 5.52 Å². The molecular formula is C18H24ClN3. The fourth-order valence-electron chi connectivity index (χ4n) is 4.93. The summed E-state index contributed by atoms with van der Waals surface area (Å²) in [5.74, 6) is 1.13. The average Bonchev–Trinajstić information content (AvgIpc) is 2.67. The van der Waals surface area contributed by atoms with Crippen LogP contribution in [0.1, 0.15) is 40.0 Å². The maximum Gasteiger partial charge on any atom is 0.140 e. The number of para-hydroxylation sites is 1. The van der Waals surface area contributed by atoms with E-state index < -0.39 is 0 Å². The molecule has 1 aromatic carbocycles. The molecule has 0 N–H and O–H groups in total. The first kappa shape index (κ1) is 15.5. The molecule has 0 amide bonds. The predicted molar refractivity (Wildman–Crippen MR) is 93.7 cm³/mol. The summed E-state index contributed by atoms with van der Waals surface area (Å²) in [6.45, 7) is 8.41. The van der Waals surface area contributed by atoms with Gasteiger partial charge in [0.2, 0.25) is 0 Å². The molecule has 22 heavy (non-hydrogen) atoms. The van der Waals surface area contributed by atoms with Crippen molar-refractivity contribution in [3.8, 4) is 0 Å². The highest BCUT2D eigenvalue weighted by Gasteiger charge is 2.50. The van der Waals surface area contributed by atoms with E-state index in [1.165, 1.54) is 24.6 Å². The Labute approximate surface area is 138 Å². The lowest BCUT2D eigenvalue weighted by atomic mass is 9.65. The van der Waals surface area contributed by atoms with Gasteiger partial charge in [0.25, 0.3) is 0 Å². The monoisotopic (exact) mass is 317 g/mol. The minimum Gasteiger partial charge on any atom is -0.352 e. The van der Waals surface area contributed by atoms with Crippen LogP contribution >= 0.6 is 12.4 Å². The van der Waals surface area contributed by atoms with Crippen molar-refractivity contribution in [2.45, 2.75) is 46.1 Å². The Hall–Kier alpha value is -1.35. The molecule has 2 unspecified atom stereocenters. The zero-order chi connectivity index (χ0) is 14.7. The molecule has 4 rings (SSSR count). The van der Waals surface area contributed by atoms with Gasteiger partial charge in [-0.05, 0) is 42.2 Å². The average molecular weight is 318 g/mol. The lowest BCUT2D eigenvalue weighted by Crippen LogP contribution is -2.35. The van der Waals surface area contributed by atoms with E-state index in [0.29, 0.717) is 16.9 Å². The summed E-state index contributed by atoms with van der Waals surface area (Å²) in [5, 5.41) is 1.19. The normalized spacial score (nSPS) is 29.4. The molecule has 2 atom stereocenters. The second kappa shape index (κ2) is 5.09. The molecule has 1 saturated carbocycles. The summed E-state index contributed by atoms with van der Waals surface area (Å²) in [6.07, 6.45) is 5.60. The summed E-state index contributed by atoms with van der Waals surface area (Å²) in [4.78, 5) is 11.6. The van der Waals surface area contributed by atoms with Crippen LogP contribution in [0.25, 0.3) is 10.9 Å². The smallest absolute Gasteiger partial charge is 0.140 e. The number of halogens is 1. The van der Waals surface area contributed by atoms with Gasteiger partial charge in [-0.1, -0.05) is 32.9 Å². The van der Waals surface area contributed by atoms with Gasteiger partial charge in [-0.15, -0.1) is 12.4 Å². The third-order valence-corrected chi connectivity index (χ3v) is 5.21. The highest BCUT2D eigenvalue weighted by Crippen LogP contribution is 2.53. The van der Waals surface area contributed by atoms with E-state index in [-0.39, 0.29) is 12.4 Å². The lowest BCUT2D eigenvalue weighted by molar-refractivity contribution is 0.136. The zero-order valence-electron chi connectivity index (χ0n) is 13.5. The molecule has 2 bridgehead atoms. The summed E-state index contributed by atoms with van der Waals surface area (Å²) in [6, 6.07) is 8.99. The molecule has 1 saturated heterocycles. The molecule has 2 fully saturated rings. The van der Waals surface area contributed by atoms with Crippen LogP contribution in [0.4, 0.5) is 5.82 Å². The zero-order valence-corrected chi connectivity index (χ0v) is 14.4. The van der Waals surface area contributed by atoms with Crippen LogP contribution < -0.4 is 4.90 Å². The second-order valence-electron chi connectivity index (χ2n) is 8.06. The standard InChI is InChI=1S/C18H23N3.ClH/c1-17(2)8-13-9-18(3,10-17)11-21(13)16-14-6-4-5-7-15(14)19-12-20-16;/h4-7,12-13H,8-11H2,1-3H3;1H. The van der Waals surface area contributed by atoms with E-state index in [9.17, 15) is 0 Å². The Bertz CT molecular complexity index is 694. The van der Waals surface area contributed by atoms with Crippen molar-refractivity contribution < 1.29 is 0 Å². The largest absolute Gasteiger partial charge is 0.352 e. The van der Waals surface area contributed by atoms with Crippen molar-refractivity contribution >= 4 is 29.1 Å². The van der Waals surface area contributed by atoms with Gasteiger partial charge in [-0.3, -0.25) is 0 Å². The first-order valence-electron chi connectivity index (χ1n) is 7.92. The third-order valence-electron chi connectivity index (χ3n) is 5.21. The van der Waals surface area contributed by atoms with Crippen molar-refractivity contribution in [2.75, 3.05) is 11.4 Å². The number of rotatable bonds is 1. The number of anilines is 1. The molecule has 0 spiro atoms. The van der Waals surface area contributed by atoms with Crippen molar-refractivity contribution in [3.05, 3.63) is 30.6 Å². The van der Waals surface area contributed by atoms with Gasteiger partial charge >= 0.3 is 0 Å². The number of benzene rings is 1. The molecular weight excluding hydrogens is 294 g/mol. The fraction of sp³-hybridized carbons (Fsp3) is 0.556.